The Labute approximate surface area is 117 Å². The zero-order valence-corrected chi connectivity index (χ0v) is 12.4. The van der Waals surface area contributed by atoms with Crippen molar-refractivity contribution in [3.8, 4) is 0 Å². The van der Waals surface area contributed by atoms with E-state index in [0.717, 1.165) is 31.5 Å². The fourth-order valence-corrected chi connectivity index (χ4v) is 2.13. The molecular weight excluding hydrogens is 238 g/mol. The van der Waals surface area contributed by atoms with Gasteiger partial charge in [0, 0.05) is 13.7 Å². The van der Waals surface area contributed by atoms with Gasteiger partial charge in [-0.25, -0.2) is 0 Å². The van der Waals surface area contributed by atoms with Crippen LogP contribution >= 0.6 is 0 Å². The molecule has 2 N–H and O–H groups in total. The van der Waals surface area contributed by atoms with Crippen LogP contribution in [0.2, 0.25) is 0 Å². The van der Waals surface area contributed by atoms with Gasteiger partial charge in [0.2, 0.25) is 0 Å². The Kier molecular flexibility index (Phi) is 7.06. The number of benzene rings is 1. The molecule has 0 spiro atoms. The lowest BCUT2D eigenvalue weighted by Crippen LogP contribution is -2.29. The number of aryl methyl sites for hydroxylation is 1. The Morgan fingerprint density at radius 2 is 2.11 bits per heavy atom. The van der Waals surface area contributed by atoms with Crippen LogP contribution in [0.3, 0.4) is 0 Å². The van der Waals surface area contributed by atoms with Crippen LogP contribution < -0.4 is 5.32 Å². The van der Waals surface area contributed by atoms with Gasteiger partial charge < -0.3 is 15.2 Å². The normalized spacial score (nSPS) is 14.3. The molecule has 0 aliphatic carbocycles. The summed E-state index contributed by atoms with van der Waals surface area (Å²) in [5.41, 5.74) is 1.53. The first-order valence-electron chi connectivity index (χ1n) is 7.11. The molecule has 0 aliphatic heterocycles. The summed E-state index contributed by atoms with van der Waals surface area (Å²) in [5, 5.41) is 13.8. The molecule has 1 unspecified atom stereocenters. The third-order valence-electron chi connectivity index (χ3n) is 3.36. The Balaban J connectivity index is 2.53. The monoisotopic (exact) mass is 265 g/mol. The molecule has 1 aromatic rings. The van der Waals surface area contributed by atoms with E-state index in [1.807, 2.05) is 19.1 Å². The molecule has 1 aromatic carbocycles. The molecule has 0 radical (unpaired) electrons. The third kappa shape index (κ3) is 5.72. The van der Waals surface area contributed by atoms with Crippen molar-refractivity contribution in [2.24, 2.45) is 0 Å². The minimum atomic E-state index is -0.774. The van der Waals surface area contributed by atoms with Crippen LogP contribution in [0.4, 0.5) is 0 Å². The number of methoxy groups -OCH3 is 1. The maximum absolute atomic E-state index is 10.6. The van der Waals surface area contributed by atoms with Crippen molar-refractivity contribution in [3.05, 3.63) is 35.4 Å². The molecule has 108 valence electrons. The highest BCUT2D eigenvalue weighted by molar-refractivity contribution is 5.28. The number of hydrogen-bond donors (Lipinski definition) is 2. The van der Waals surface area contributed by atoms with Gasteiger partial charge in [-0.2, -0.15) is 0 Å². The van der Waals surface area contributed by atoms with Crippen molar-refractivity contribution in [2.75, 3.05) is 26.8 Å². The summed E-state index contributed by atoms with van der Waals surface area (Å²) in [7, 11) is 1.69. The lowest BCUT2D eigenvalue weighted by molar-refractivity contribution is 0.0474. The van der Waals surface area contributed by atoms with Gasteiger partial charge in [-0.15, -0.1) is 0 Å². The second-order valence-electron chi connectivity index (χ2n) is 5.22. The Morgan fingerprint density at radius 1 is 1.32 bits per heavy atom. The van der Waals surface area contributed by atoms with Crippen LogP contribution in [-0.4, -0.2) is 31.9 Å². The van der Waals surface area contributed by atoms with Gasteiger partial charge in [0.15, 0.2) is 0 Å². The highest BCUT2D eigenvalue weighted by Gasteiger charge is 2.22. The molecule has 1 atom stereocenters. The van der Waals surface area contributed by atoms with Gasteiger partial charge in [0.1, 0.15) is 0 Å². The van der Waals surface area contributed by atoms with Crippen LogP contribution in [0.15, 0.2) is 24.3 Å². The van der Waals surface area contributed by atoms with Gasteiger partial charge >= 0.3 is 0 Å². The van der Waals surface area contributed by atoms with E-state index in [9.17, 15) is 5.11 Å². The van der Waals surface area contributed by atoms with Crippen molar-refractivity contribution >= 4 is 0 Å². The largest absolute Gasteiger partial charge is 0.385 e. The quantitative estimate of drug-likeness (QED) is 0.674. The van der Waals surface area contributed by atoms with Crippen LogP contribution in [-0.2, 0) is 16.8 Å². The number of rotatable bonds is 9. The lowest BCUT2D eigenvalue weighted by atomic mass is 9.90. The van der Waals surface area contributed by atoms with E-state index < -0.39 is 5.60 Å². The van der Waals surface area contributed by atoms with E-state index in [0.29, 0.717) is 13.0 Å². The topological polar surface area (TPSA) is 41.5 Å². The fraction of sp³-hybridized carbons (Fsp3) is 0.625. The maximum atomic E-state index is 10.6. The van der Waals surface area contributed by atoms with E-state index in [1.165, 1.54) is 5.56 Å². The predicted octanol–water partition coefficient (Wildman–Crippen LogP) is 2.47. The highest BCUT2D eigenvalue weighted by Crippen LogP contribution is 2.25. The first kappa shape index (κ1) is 16.2. The van der Waals surface area contributed by atoms with Crippen molar-refractivity contribution in [1.29, 1.82) is 0 Å². The summed E-state index contributed by atoms with van der Waals surface area (Å²) in [6.07, 6.45) is 2.90. The van der Waals surface area contributed by atoms with Gasteiger partial charge in [-0.1, -0.05) is 37.6 Å². The minimum absolute atomic E-state index is 0.701. The molecule has 0 saturated carbocycles. The second kappa shape index (κ2) is 8.31. The molecule has 1 rings (SSSR count). The average Bonchev–Trinajstić information content (AvgIpc) is 2.39. The number of aliphatic hydroxyl groups is 1. The molecule has 0 bridgehead atoms. The first-order valence-corrected chi connectivity index (χ1v) is 7.11. The second-order valence-corrected chi connectivity index (χ2v) is 5.22. The summed E-state index contributed by atoms with van der Waals surface area (Å²) in [4.78, 5) is 0. The Morgan fingerprint density at radius 3 is 2.79 bits per heavy atom. The first-order chi connectivity index (χ1) is 9.10. The fourth-order valence-electron chi connectivity index (χ4n) is 2.13. The van der Waals surface area contributed by atoms with E-state index in [2.05, 4.69) is 24.4 Å². The molecule has 19 heavy (non-hydrogen) atoms. The summed E-state index contributed by atoms with van der Waals surface area (Å²) < 4.78 is 4.98. The molecule has 0 aromatic heterocycles. The van der Waals surface area contributed by atoms with E-state index in [4.69, 9.17) is 4.74 Å². The molecule has 0 saturated heterocycles. The maximum Gasteiger partial charge on any atom is 0.0880 e. The number of ether oxygens (including phenoxy) is 1. The van der Waals surface area contributed by atoms with E-state index in [-0.39, 0.29) is 0 Å². The van der Waals surface area contributed by atoms with Crippen LogP contribution in [0.25, 0.3) is 0 Å². The zero-order chi connectivity index (χ0) is 14.1. The molecule has 0 amide bonds. The molecule has 3 heteroatoms. The highest BCUT2D eigenvalue weighted by atomic mass is 16.5. The molecular formula is C16H27NO2. The van der Waals surface area contributed by atoms with Gasteiger partial charge in [-0.05, 0) is 37.4 Å². The lowest BCUT2D eigenvalue weighted by Gasteiger charge is -2.24. The summed E-state index contributed by atoms with van der Waals surface area (Å²) in [6, 6.07) is 8.29. The van der Waals surface area contributed by atoms with Crippen molar-refractivity contribution in [1.82, 2.24) is 5.32 Å². The van der Waals surface area contributed by atoms with Gasteiger partial charge in [0.05, 0.1) is 12.2 Å². The molecule has 3 nitrogen and oxygen atoms in total. The standard InChI is InChI=1S/C16H27NO2/c1-4-6-14-7-5-8-15(13-14)16(2,18)9-10-17-11-12-19-3/h5,7-8,13,17-18H,4,6,9-12H2,1-3H3. The SMILES string of the molecule is CCCc1cccc(C(C)(O)CCNCCOC)c1. The van der Waals surface area contributed by atoms with Crippen LogP contribution in [0.5, 0.6) is 0 Å². The molecule has 0 heterocycles. The van der Waals surface area contributed by atoms with Crippen LogP contribution in [0, 0.1) is 0 Å². The predicted molar refractivity (Wildman–Crippen MR) is 79.4 cm³/mol. The smallest absolute Gasteiger partial charge is 0.0880 e. The third-order valence-corrected chi connectivity index (χ3v) is 3.36. The van der Waals surface area contributed by atoms with Crippen LogP contribution in [0.1, 0.15) is 37.8 Å². The van der Waals surface area contributed by atoms with Crippen molar-refractivity contribution < 1.29 is 9.84 Å². The Hall–Kier alpha value is -0.900. The zero-order valence-electron chi connectivity index (χ0n) is 12.4. The van der Waals surface area contributed by atoms with Gasteiger partial charge in [-0.3, -0.25) is 0 Å². The minimum Gasteiger partial charge on any atom is -0.385 e. The number of nitrogens with one attached hydrogen (secondary N) is 1. The number of hydrogen-bond acceptors (Lipinski definition) is 3. The molecule has 0 aliphatic rings. The van der Waals surface area contributed by atoms with Crippen molar-refractivity contribution in [3.63, 3.8) is 0 Å². The Bertz CT molecular complexity index is 364. The summed E-state index contributed by atoms with van der Waals surface area (Å²) in [6.45, 7) is 6.37. The average molecular weight is 265 g/mol. The van der Waals surface area contributed by atoms with E-state index >= 15 is 0 Å². The summed E-state index contributed by atoms with van der Waals surface area (Å²) >= 11 is 0. The summed E-state index contributed by atoms with van der Waals surface area (Å²) in [5.74, 6) is 0. The van der Waals surface area contributed by atoms with E-state index in [1.54, 1.807) is 7.11 Å². The van der Waals surface area contributed by atoms with Crippen molar-refractivity contribution in [2.45, 2.75) is 38.7 Å². The van der Waals surface area contributed by atoms with Gasteiger partial charge in [0.25, 0.3) is 0 Å². The molecule has 0 fully saturated rings.